The van der Waals surface area contributed by atoms with Crippen molar-refractivity contribution >= 4 is 23.6 Å². The lowest BCUT2D eigenvalue weighted by atomic mass is 10.0. The van der Waals surface area contributed by atoms with Crippen LogP contribution in [0.15, 0.2) is 46.1 Å². The highest BCUT2D eigenvalue weighted by Crippen LogP contribution is 2.10. The molecule has 1 unspecified atom stereocenters. The van der Waals surface area contributed by atoms with Gasteiger partial charge in [-0.15, -0.1) is 0 Å². The number of thioether (sulfide) groups is 1. The molecular formula is C25H38N8O4S. The van der Waals surface area contributed by atoms with Crippen LogP contribution in [0, 0.1) is 0 Å². The molecule has 0 saturated carbocycles. The lowest BCUT2D eigenvalue weighted by Gasteiger charge is -2.29. The topological polar surface area (TPSA) is 177 Å². The lowest BCUT2D eigenvalue weighted by molar-refractivity contribution is -0.136. The molecule has 3 rings (SSSR count). The Morgan fingerprint density at radius 2 is 1.61 bits per heavy atom. The van der Waals surface area contributed by atoms with Crippen LogP contribution >= 0.6 is 11.8 Å². The molecule has 2 atom stereocenters. The second-order valence-corrected chi connectivity index (χ2v) is 10.1. The number of hydrogen-bond donors (Lipinski definition) is 7. The summed E-state index contributed by atoms with van der Waals surface area (Å²) in [6.45, 7) is 5.68. The van der Waals surface area contributed by atoms with Gasteiger partial charge in [0.05, 0.1) is 6.04 Å². The zero-order valence-electron chi connectivity index (χ0n) is 21.5. The first-order chi connectivity index (χ1) is 18.4. The first kappa shape index (κ1) is 29.6. The monoisotopic (exact) mass is 546 g/mol. The van der Waals surface area contributed by atoms with Crippen molar-refractivity contribution in [1.82, 2.24) is 36.1 Å². The van der Waals surface area contributed by atoms with Crippen LogP contribution in [0.3, 0.4) is 0 Å². The molecule has 0 radical (unpaired) electrons. The van der Waals surface area contributed by atoms with Crippen molar-refractivity contribution in [2.75, 3.05) is 58.1 Å². The average Bonchev–Trinajstić information content (AvgIpc) is 2.90. The van der Waals surface area contributed by atoms with Gasteiger partial charge in [-0.25, -0.2) is 4.79 Å². The standard InChI is InChI=1S/C25H38N8O4S/c26-20(17-38-16-19-15-30-25(37)32-22(19)34)23(35)31-21(14-18-4-2-1-3-5-18)24(36)33-12-10-28-8-6-27-7-9-29-11-13-33/h1-5,15,20-21,27-29H,6-14,16-17,26H2,(H,31,35)(H2,30,32,34,37)/t20-,21?/m0/s1. The highest BCUT2D eigenvalue weighted by atomic mass is 32.2. The predicted molar refractivity (Wildman–Crippen MR) is 149 cm³/mol. The molecule has 8 N–H and O–H groups in total. The van der Waals surface area contributed by atoms with Gasteiger partial charge in [-0.05, 0) is 5.56 Å². The number of amides is 2. The quantitative estimate of drug-likeness (QED) is 0.187. The third-order valence-electron chi connectivity index (χ3n) is 6.07. The number of nitrogens with two attached hydrogens (primary N) is 1. The van der Waals surface area contributed by atoms with Crippen molar-refractivity contribution in [1.29, 1.82) is 0 Å². The van der Waals surface area contributed by atoms with Gasteiger partial charge in [0.1, 0.15) is 6.04 Å². The maximum Gasteiger partial charge on any atom is 0.325 e. The molecule has 2 heterocycles. The van der Waals surface area contributed by atoms with E-state index in [9.17, 15) is 19.2 Å². The summed E-state index contributed by atoms with van der Waals surface area (Å²) in [5, 5.41) is 12.9. The number of carbonyl (C=O) groups is 2. The van der Waals surface area contributed by atoms with Gasteiger partial charge in [0.15, 0.2) is 0 Å². The molecule has 1 aromatic carbocycles. The molecule has 2 aromatic rings. The predicted octanol–water partition coefficient (Wildman–Crippen LogP) is -2.04. The minimum Gasteiger partial charge on any atom is -0.343 e. The molecule has 38 heavy (non-hydrogen) atoms. The summed E-state index contributed by atoms with van der Waals surface area (Å²) in [7, 11) is 0. The number of nitrogens with one attached hydrogen (secondary N) is 6. The maximum absolute atomic E-state index is 13.7. The largest absolute Gasteiger partial charge is 0.343 e. The van der Waals surface area contributed by atoms with Gasteiger partial charge in [-0.3, -0.25) is 19.4 Å². The molecular weight excluding hydrogens is 508 g/mol. The van der Waals surface area contributed by atoms with Crippen LogP contribution < -0.4 is 38.2 Å². The molecule has 0 bridgehead atoms. The second-order valence-electron chi connectivity index (χ2n) is 9.04. The summed E-state index contributed by atoms with van der Waals surface area (Å²) in [6.07, 6.45) is 1.70. The second kappa shape index (κ2) is 16.1. The van der Waals surface area contributed by atoms with E-state index in [0.29, 0.717) is 38.2 Å². The molecule has 0 spiro atoms. The van der Waals surface area contributed by atoms with E-state index in [4.69, 9.17) is 5.73 Å². The van der Waals surface area contributed by atoms with E-state index in [0.717, 1.165) is 31.7 Å². The molecule has 1 aliphatic rings. The smallest absolute Gasteiger partial charge is 0.325 e. The summed E-state index contributed by atoms with van der Waals surface area (Å²) in [4.78, 5) is 56.1. The van der Waals surface area contributed by atoms with Crippen molar-refractivity contribution in [3.63, 3.8) is 0 Å². The molecule has 0 aliphatic carbocycles. The van der Waals surface area contributed by atoms with E-state index < -0.39 is 29.2 Å². The number of rotatable bonds is 9. The van der Waals surface area contributed by atoms with Crippen molar-refractivity contribution in [2.45, 2.75) is 24.3 Å². The van der Waals surface area contributed by atoms with E-state index in [2.05, 4.69) is 31.2 Å². The first-order valence-corrected chi connectivity index (χ1v) is 14.0. The van der Waals surface area contributed by atoms with Gasteiger partial charge in [-0.2, -0.15) is 11.8 Å². The number of hydrogen-bond acceptors (Lipinski definition) is 9. The summed E-state index contributed by atoms with van der Waals surface area (Å²) >= 11 is 1.30. The molecule has 1 aliphatic heterocycles. The van der Waals surface area contributed by atoms with Gasteiger partial charge in [0.25, 0.3) is 5.56 Å². The Labute approximate surface area is 225 Å². The normalized spacial score (nSPS) is 17.0. The van der Waals surface area contributed by atoms with Crippen LogP contribution in [0.25, 0.3) is 0 Å². The number of aromatic amines is 2. The summed E-state index contributed by atoms with van der Waals surface area (Å²) in [5.41, 5.74) is 6.42. The Bertz CT molecular complexity index is 1110. The van der Waals surface area contributed by atoms with Crippen LogP contribution in [-0.2, 0) is 21.8 Å². The Morgan fingerprint density at radius 1 is 0.974 bits per heavy atom. The van der Waals surface area contributed by atoms with E-state index in [-0.39, 0.29) is 17.4 Å². The van der Waals surface area contributed by atoms with Crippen LogP contribution in [-0.4, -0.2) is 96.9 Å². The fourth-order valence-corrected chi connectivity index (χ4v) is 4.91. The molecule has 12 nitrogen and oxygen atoms in total. The van der Waals surface area contributed by atoms with Crippen LogP contribution in [0.2, 0.25) is 0 Å². The Balaban J connectivity index is 1.63. The van der Waals surface area contributed by atoms with E-state index >= 15 is 0 Å². The third-order valence-corrected chi connectivity index (χ3v) is 7.18. The van der Waals surface area contributed by atoms with Gasteiger partial charge in [0.2, 0.25) is 11.8 Å². The minimum atomic E-state index is -0.880. The zero-order valence-corrected chi connectivity index (χ0v) is 22.3. The summed E-state index contributed by atoms with van der Waals surface area (Å²) < 4.78 is 0. The SMILES string of the molecule is N[C@@H](CSCc1c[nH]c(=O)[nH]c1=O)C(=O)NC(Cc1ccccc1)C(=O)N1CCNCCNCCNCC1. The Morgan fingerprint density at radius 3 is 2.24 bits per heavy atom. The Hall–Kier alpha value is -2.97. The zero-order chi connectivity index (χ0) is 27.2. The van der Waals surface area contributed by atoms with Crippen LogP contribution in [0.4, 0.5) is 0 Å². The summed E-state index contributed by atoms with van der Waals surface area (Å²) in [6, 6.07) is 7.91. The van der Waals surface area contributed by atoms with Gasteiger partial charge in [0, 0.05) is 82.0 Å². The van der Waals surface area contributed by atoms with E-state index in [1.165, 1.54) is 18.0 Å². The average molecular weight is 547 g/mol. The van der Waals surface area contributed by atoms with Gasteiger partial charge in [-0.1, -0.05) is 30.3 Å². The highest BCUT2D eigenvalue weighted by molar-refractivity contribution is 7.98. The lowest BCUT2D eigenvalue weighted by Crippen LogP contribution is -2.55. The number of benzene rings is 1. The van der Waals surface area contributed by atoms with E-state index in [1.807, 2.05) is 30.3 Å². The van der Waals surface area contributed by atoms with Gasteiger partial charge < -0.3 is 36.9 Å². The molecule has 1 saturated heterocycles. The molecule has 1 aromatic heterocycles. The van der Waals surface area contributed by atoms with E-state index in [1.54, 1.807) is 4.90 Å². The third kappa shape index (κ3) is 10.1. The molecule has 13 heteroatoms. The van der Waals surface area contributed by atoms with Crippen molar-refractivity contribution in [3.05, 3.63) is 68.5 Å². The highest BCUT2D eigenvalue weighted by Gasteiger charge is 2.28. The molecule has 1 fully saturated rings. The fraction of sp³-hybridized carbons (Fsp3) is 0.520. The number of aromatic nitrogens is 2. The van der Waals surface area contributed by atoms with Crippen molar-refractivity contribution in [2.24, 2.45) is 5.73 Å². The minimum absolute atomic E-state index is 0.152. The fourth-order valence-electron chi connectivity index (χ4n) is 3.95. The number of nitrogens with zero attached hydrogens (tertiary/aromatic N) is 1. The van der Waals surface area contributed by atoms with Crippen molar-refractivity contribution in [3.8, 4) is 0 Å². The number of H-pyrrole nitrogens is 2. The maximum atomic E-state index is 13.7. The van der Waals surface area contributed by atoms with Crippen LogP contribution in [0.5, 0.6) is 0 Å². The first-order valence-electron chi connectivity index (χ1n) is 12.8. The molecule has 208 valence electrons. The van der Waals surface area contributed by atoms with Crippen molar-refractivity contribution < 1.29 is 9.59 Å². The molecule has 2 amide bonds. The Kier molecular flexibility index (Phi) is 12.5. The van der Waals surface area contributed by atoms with Crippen LogP contribution in [0.1, 0.15) is 11.1 Å². The summed E-state index contributed by atoms with van der Waals surface area (Å²) in [5.74, 6) is -0.0650. The number of carbonyl (C=O) groups excluding carboxylic acids is 2. The van der Waals surface area contributed by atoms with Gasteiger partial charge >= 0.3 is 5.69 Å².